The molecule has 0 aliphatic rings. The molecule has 0 amide bonds. The van der Waals surface area contributed by atoms with Crippen molar-refractivity contribution >= 4 is 72.8 Å². The minimum atomic E-state index is -1.33. The van der Waals surface area contributed by atoms with Gasteiger partial charge in [-0.05, 0) is 13.8 Å². The van der Waals surface area contributed by atoms with Crippen LogP contribution in [-0.4, -0.2) is 86.0 Å². The van der Waals surface area contributed by atoms with E-state index in [9.17, 15) is 29.4 Å². The Morgan fingerprint density at radius 3 is 1.22 bits per heavy atom. The fourth-order valence-electron chi connectivity index (χ4n) is 0.959. The second-order valence-corrected chi connectivity index (χ2v) is 3.75. The van der Waals surface area contributed by atoms with Gasteiger partial charge in [0.05, 0.1) is 13.2 Å². The van der Waals surface area contributed by atoms with Gasteiger partial charge in [0, 0.05) is 35.9 Å². The molecule has 0 aromatic heterocycles. The largest absolute Gasteiger partial charge is 2.00 e. The first-order valence-corrected chi connectivity index (χ1v) is 6.25. The molecule has 0 fully saturated rings. The summed E-state index contributed by atoms with van der Waals surface area (Å²) >= 11 is 0. The standard InChI is InChI=1S/2C7H10O4.Ba/c2*1-3-11-7(10)5(2)4-6(8)9;/h2*2-4H2,1H3,(H,8,9);/q;;+2/p-2. The molecule has 0 radical (unpaired) electrons. The van der Waals surface area contributed by atoms with Gasteiger partial charge < -0.3 is 29.3 Å². The van der Waals surface area contributed by atoms with Crippen LogP contribution in [0.4, 0.5) is 0 Å². The molecule has 0 saturated heterocycles. The van der Waals surface area contributed by atoms with E-state index in [4.69, 9.17) is 0 Å². The fourth-order valence-corrected chi connectivity index (χ4v) is 0.959. The van der Waals surface area contributed by atoms with Gasteiger partial charge in [0.15, 0.2) is 0 Å². The SMILES string of the molecule is C=C(CC(=O)[O-])C(=O)OCC.C=C(CC(=O)[O-])C(=O)OCC.[Ba+2]. The summed E-state index contributed by atoms with van der Waals surface area (Å²) in [6.45, 7) is 10.1. The average Bonchev–Trinajstić information content (AvgIpc) is 2.38. The maximum atomic E-state index is 10.7. The Hall–Kier alpha value is -1.07. The predicted octanol–water partition coefficient (Wildman–Crippen LogP) is -1.89. The number of ether oxygens (including phenoxy) is 2. The summed E-state index contributed by atoms with van der Waals surface area (Å²) in [5.41, 5.74) is -0.182. The molecule has 0 unspecified atom stereocenters. The molecule has 23 heavy (non-hydrogen) atoms. The molecule has 0 atom stereocenters. The molecule has 0 bridgehead atoms. The molecular formula is C14H18BaO8. The molecule has 0 aliphatic carbocycles. The van der Waals surface area contributed by atoms with Crippen LogP contribution in [-0.2, 0) is 28.7 Å². The molecule has 0 aromatic rings. The number of carboxylic acids is 2. The monoisotopic (exact) mass is 452 g/mol. The van der Waals surface area contributed by atoms with Crippen LogP contribution in [0.2, 0.25) is 0 Å². The zero-order chi connectivity index (χ0) is 17.7. The zero-order valence-corrected chi connectivity index (χ0v) is 17.7. The average molecular weight is 452 g/mol. The third kappa shape index (κ3) is 17.1. The van der Waals surface area contributed by atoms with Gasteiger partial charge in [0.2, 0.25) is 0 Å². The number of hydrogen-bond acceptors (Lipinski definition) is 8. The van der Waals surface area contributed by atoms with Crippen molar-refractivity contribution in [3.63, 3.8) is 0 Å². The van der Waals surface area contributed by atoms with E-state index in [0.29, 0.717) is 0 Å². The third-order valence-corrected chi connectivity index (χ3v) is 1.84. The summed E-state index contributed by atoms with van der Waals surface area (Å²) in [5.74, 6) is -4.03. The number of carboxylic acid groups (broad SMARTS) is 2. The summed E-state index contributed by atoms with van der Waals surface area (Å²) < 4.78 is 8.95. The van der Waals surface area contributed by atoms with Gasteiger partial charge in [-0.1, -0.05) is 13.2 Å². The Bertz CT molecular complexity index is 414. The molecule has 124 valence electrons. The second-order valence-electron chi connectivity index (χ2n) is 3.75. The normalized spacial score (nSPS) is 8.43. The van der Waals surface area contributed by atoms with Crippen molar-refractivity contribution in [3.05, 3.63) is 24.3 Å². The first-order valence-electron chi connectivity index (χ1n) is 6.25. The molecule has 0 rings (SSSR count). The minimum absolute atomic E-state index is 0. The quantitative estimate of drug-likeness (QED) is 0.238. The van der Waals surface area contributed by atoms with E-state index in [1.807, 2.05) is 0 Å². The van der Waals surface area contributed by atoms with Crippen LogP contribution in [0.25, 0.3) is 0 Å². The molecule has 0 N–H and O–H groups in total. The Morgan fingerprint density at radius 2 is 1.04 bits per heavy atom. The van der Waals surface area contributed by atoms with Crippen molar-refractivity contribution in [2.24, 2.45) is 0 Å². The number of rotatable bonds is 8. The summed E-state index contributed by atoms with van der Waals surface area (Å²) in [7, 11) is 0. The number of carbonyl (C=O) groups excluding carboxylic acids is 4. The van der Waals surface area contributed by atoms with E-state index < -0.39 is 36.7 Å². The van der Waals surface area contributed by atoms with E-state index in [1.165, 1.54) is 0 Å². The van der Waals surface area contributed by atoms with Crippen LogP contribution < -0.4 is 10.2 Å². The number of aliphatic carboxylic acids is 2. The number of esters is 2. The minimum Gasteiger partial charge on any atom is -0.550 e. The van der Waals surface area contributed by atoms with Crippen LogP contribution in [0.5, 0.6) is 0 Å². The molecule has 0 saturated carbocycles. The Morgan fingerprint density at radius 1 is 0.783 bits per heavy atom. The first-order chi connectivity index (χ1) is 10.1. The summed E-state index contributed by atoms with van der Waals surface area (Å²) in [5, 5.41) is 19.9. The Labute approximate surface area is 174 Å². The van der Waals surface area contributed by atoms with Crippen molar-refractivity contribution in [3.8, 4) is 0 Å². The Balaban J connectivity index is -0.000000333. The molecule has 0 aliphatic heterocycles. The Kier molecular flexibility index (Phi) is 18.4. The topological polar surface area (TPSA) is 133 Å². The van der Waals surface area contributed by atoms with Gasteiger partial charge >= 0.3 is 60.8 Å². The van der Waals surface area contributed by atoms with Crippen molar-refractivity contribution in [1.82, 2.24) is 0 Å². The molecule has 9 heteroatoms. The van der Waals surface area contributed by atoms with Gasteiger partial charge in [-0.3, -0.25) is 0 Å². The van der Waals surface area contributed by atoms with Gasteiger partial charge in [0.1, 0.15) is 0 Å². The predicted molar refractivity (Wildman–Crippen MR) is 76.5 cm³/mol. The van der Waals surface area contributed by atoms with Gasteiger partial charge in [-0.25, -0.2) is 9.59 Å². The fraction of sp³-hybridized carbons (Fsp3) is 0.429. The van der Waals surface area contributed by atoms with Gasteiger partial charge in [0.25, 0.3) is 0 Å². The number of hydrogen-bond donors (Lipinski definition) is 0. The molecule has 0 aromatic carbocycles. The van der Waals surface area contributed by atoms with Crippen LogP contribution in [0.15, 0.2) is 24.3 Å². The maximum Gasteiger partial charge on any atom is 2.00 e. The number of carbonyl (C=O) groups is 4. The molecule has 0 spiro atoms. The van der Waals surface area contributed by atoms with Crippen molar-refractivity contribution in [2.45, 2.75) is 26.7 Å². The second kappa shape index (κ2) is 15.8. The zero-order valence-electron chi connectivity index (χ0n) is 13.2. The summed E-state index contributed by atoms with van der Waals surface area (Å²) in [6.07, 6.45) is -0.947. The van der Waals surface area contributed by atoms with E-state index in [0.717, 1.165) is 0 Å². The van der Waals surface area contributed by atoms with Crippen LogP contribution in [0.1, 0.15) is 26.7 Å². The van der Waals surface area contributed by atoms with Crippen LogP contribution in [0, 0.1) is 0 Å². The summed E-state index contributed by atoms with van der Waals surface area (Å²) in [6, 6.07) is 0. The molecule has 8 nitrogen and oxygen atoms in total. The molecule has 0 heterocycles. The van der Waals surface area contributed by atoms with E-state index in [2.05, 4.69) is 22.6 Å². The van der Waals surface area contributed by atoms with Gasteiger partial charge in [-0.2, -0.15) is 0 Å². The van der Waals surface area contributed by atoms with Crippen LogP contribution >= 0.6 is 0 Å². The van der Waals surface area contributed by atoms with E-state index in [-0.39, 0.29) is 73.2 Å². The van der Waals surface area contributed by atoms with Crippen molar-refractivity contribution < 1.29 is 38.9 Å². The molecular weight excluding hydrogens is 433 g/mol. The van der Waals surface area contributed by atoms with Crippen molar-refractivity contribution in [2.75, 3.05) is 13.2 Å². The van der Waals surface area contributed by atoms with E-state index >= 15 is 0 Å². The smallest absolute Gasteiger partial charge is 0.550 e. The summed E-state index contributed by atoms with van der Waals surface area (Å²) in [4.78, 5) is 41.2. The first kappa shape index (κ1) is 26.8. The van der Waals surface area contributed by atoms with Gasteiger partial charge in [-0.15, -0.1) is 0 Å². The van der Waals surface area contributed by atoms with Crippen LogP contribution in [0.3, 0.4) is 0 Å². The maximum absolute atomic E-state index is 10.7. The third-order valence-electron chi connectivity index (χ3n) is 1.84. The van der Waals surface area contributed by atoms with E-state index in [1.54, 1.807) is 13.8 Å². The van der Waals surface area contributed by atoms with Crippen molar-refractivity contribution in [1.29, 1.82) is 0 Å².